The minimum absolute atomic E-state index is 0.345. The van der Waals surface area contributed by atoms with Crippen LogP contribution in [0.5, 0.6) is 17.2 Å². The van der Waals surface area contributed by atoms with E-state index >= 15 is 0 Å². The molecule has 184 valence electrons. The Kier molecular flexibility index (Phi) is 7.19. The Labute approximate surface area is 202 Å². The number of benzene rings is 4. The number of ether oxygens (including phenoxy) is 3. The Balaban J connectivity index is 1.69. The van der Waals surface area contributed by atoms with Gasteiger partial charge in [-0.1, -0.05) is 42.5 Å². The van der Waals surface area contributed by atoms with Gasteiger partial charge in [0.2, 0.25) is 5.82 Å². The zero-order valence-corrected chi connectivity index (χ0v) is 18.6. The monoisotopic (exact) mass is 500 g/mol. The number of esters is 1. The quantitative estimate of drug-likeness (QED) is 0.117. The lowest BCUT2D eigenvalue weighted by molar-refractivity contribution is 0.0363. The summed E-state index contributed by atoms with van der Waals surface area (Å²) in [4.78, 5) is 12.7. The zero-order chi connectivity index (χ0) is 25.8. The van der Waals surface area contributed by atoms with Gasteiger partial charge in [0.05, 0.1) is 7.11 Å². The molecule has 1 atom stereocenters. The normalized spacial score (nSPS) is 11.6. The molecule has 0 aromatic heterocycles. The number of hydrogen-bond donors (Lipinski definition) is 0. The Bertz CT molecular complexity index is 1350. The van der Waals surface area contributed by atoms with Gasteiger partial charge in [-0.2, -0.15) is 0 Å². The summed E-state index contributed by atoms with van der Waals surface area (Å²) in [6.07, 6.45) is -1.26. The number of carbonyl (C=O) groups is 1. The summed E-state index contributed by atoms with van der Waals surface area (Å²) in [6.45, 7) is 0. The van der Waals surface area contributed by atoms with Gasteiger partial charge in [0.1, 0.15) is 22.8 Å². The molecule has 0 saturated carbocycles. The van der Waals surface area contributed by atoms with Crippen LogP contribution in [0.15, 0.2) is 78.9 Å². The first-order valence-corrected chi connectivity index (χ1v) is 10.5. The molecule has 0 amide bonds. The van der Waals surface area contributed by atoms with Gasteiger partial charge in [0.25, 0.3) is 0 Å². The van der Waals surface area contributed by atoms with E-state index in [1.165, 1.54) is 19.2 Å². The van der Waals surface area contributed by atoms with Gasteiger partial charge >= 0.3 is 5.97 Å². The van der Waals surface area contributed by atoms with Gasteiger partial charge in [-0.05, 0) is 47.5 Å². The van der Waals surface area contributed by atoms with Crippen LogP contribution in [-0.4, -0.2) is 13.1 Å². The molecule has 0 N–H and O–H groups in total. The van der Waals surface area contributed by atoms with E-state index in [9.17, 15) is 26.7 Å². The van der Waals surface area contributed by atoms with Crippen molar-refractivity contribution in [2.24, 2.45) is 0 Å². The van der Waals surface area contributed by atoms with Crippen LogP contribution >= 0.6 is 0 Å². The van der Waals surface area contributed by atoms with Crippen molar-refractivity contribution in [2.75, 3.05) is 7.11 Å². The maximum Gasteiger partial charge on any atom is 0.345 e. The Morgan fingerprint density at radius 3 is 1.56 bits per heavy atom. The van der Waals surface area contributed by atoms with Crippen molar-refractivity contribution in [2.45, 2.75) is 6.10 Å². The fraction of sp³-hybridized carbons (Fsp3) is 0.0741. The van der Waals surface area contributed by atoms with Gasteiger partial charge in [-0.25, -0.2) is 26.7 Å². The van der Waals surface area contributed by atoms with Gasteiger partial charge in [0.15, 0.2) is 29.4 Å². The van der Waals surface area contributed by atoms with E-state index in [1.807, 2.05) is 6.07 Å². The Morgan fingerprint density at radius 1 is 0.611 bits per heavy atom. The molecule has 0 saturated heterocycles. The molecule has 0 fully saturated rings. The summed E-state index contributed by atoms with van der Waals surface area (Å²) in [6, 6.07) is 21.3. The molecule has 36 heavy (non-hydrogen) atoms. The van der Waals surface area contributed by atoms with Crippen LogP contribution in [0.25, 0.3) is 0 Å². The Morgan fingerprint density at radius 2 is 1.06 bits per heavy atom. The molecule has 4 nitrogen and oxygen atoms in total. The molecule has 4 aromatic rings. The van der Waals surface area contributed by atoms with Crippen molar-refractivity contribution in [3.8, 4) is 17.2 Å². The van der Waals surface area contributed by atoms with Gasteiger partial charge < -0.3 is 14.2 Å². The van der Waals surface area contributed by atoms with E-state index in [-0.39, 0.29) is 0 Å². The standard InChI is InChI=1S/C27H17F5O4/c1-34-17-11-7-15(8-12-17)26(16-9-13-19(14-10-16)35-18-5-3-2-4-6-18)36-27(33)20-21(28)23(30)25(32)24(31)22(20)29/h2-14,26H,1H3. The fourth-order valence-corrected chi connectivity index (χ4v) is 3.39. The van der Waals surface area contributed by atoms with Crippen molar-refractivity contribution < 1.29 is 41.0 Å². The summed E-state index contributed by atoms with van der Waals surface area (Å²) in [5, 5.41) is 0. The first-order chi connectivity index (χ1) is 17.3. The Hall–Kier alpha value is -4.40. The lowest BCUT2D eigenvalue weighted by atomic mass is 10.0. The molecule has 4 rings (SSSR count). The summed E-state index contributed by atoms with van der Waals surface area (Å²) in [7, 11) is 1.45. The molecule has 0 bridgehead atoms. The molecule has 9 heteroatoms. The maximum atomic E-state index is 14.2. The van der Waals surface area contributed by atoms with Crippen molar-refractivity contribution in [3.63, 3.8) is 0 Å². The highest BCUT2D eigenvalue weighted by Gasteiger charge is 2.32. The molecule has 0 aliphatic heterocycles. The van der Waals surface area contributed by atoms with E-state index in [0.717, 1.165) is 0 Å². The average molecular weight is 500 g/mol. The molecule has 0 spiro atoms. The third-order valence-corrected chi connectivity index (χ3v) is 5.22. The lowest BCUT2D eigenvalue weighted by Crippen LogP contribution is -2.18. The SMILES string of the molecule is COc1ccc(C(OC(=O)c2c(F)c(F)c(F)c(F)c2F)c2ccc(Oc3ccccc3)cc2)cc1. The highest BCUT2D eigenvalue weighted by Crippen LogP contribution is 2.32. The largest absolute Gasteiger partial charge is 0.497 e. The van der Waals surface area contributed by atoms with Crippen LogP contribution < -0.4 is 9.47 Å². The maximum absolute atomic E-state index is 14.2. The first kappa shape index (κ1) is 24.7. The van der Waals surface area contributed by atoms with Crippen molar-refractivity contribution >= 4 is 5.97 Å². The molecule has 0 aliphatic carbocycles. The number of halogens is 5. The summed E-state index contributed by atoms with van der Waals surface area (Å²) >= 11 is 0. The third-order valence-electron chi connectivity index (χ3n) is 5.22. The van der Waals surface area contributed by atoms with Crippen LogP contribution in [0.3, 0.4) is 0 Å². The van der Waals surface area contributed by atoms with E-state index in [2.05, 4.69) is 0 Å². The minimum atomic E-state index is -2.37. The van der Waals surface area contributed by atoms with Crippen LogP contribution in [-0.2, 0) is 4.74 Å². The highest BCUT2D eigenvalue weighted by molar-refractivity contribution is 5.90. The van der Waals surface area contributed by atoms with Gasteiger partial charge in [-0.15, -0.1) is 0 Å². The van der Waals surface area contributed by atoms with Crippen molar-refractivity contribution in [1.82, 2.24) is 0 Å². The van der Waals surface area contributed by atoms with Crippen LogP contribution in [0, 0.1) is 29.1 Å². The van der Waals surface area contributed by atoms with Crippen LogP contribution in [0.2, 0.25) is 0 Å². The van der Waals surface area contributed by atoms with Crippen LogP contribution in [0.1, 0.15) is 27.6 Å². The van der Waals surface area contributed by atoms with E-state index in [4.69, 9.17) is 14.2 Å². The summed E-state index contributed by atoms with van der Waals surface area (Å²) < 4.78 is 85.3. The highest BCUT2D eigenvalue weighted by atomic mass is 19.2. The number of methoxy groups -OCH3 is 1. The van der Waals surface area contributed by atoms with Crippen molar-refractivity contribution in [3.05, 3.63) is 125 Å². The van der Waals surface area contributed by atoms with Crippen molar-refractivity contribution in [1.29, 1.82) is 0 Å². The fourth-order valence-electron chi connectivity index (χ4n) is 3.39. The number of hydrogen-bond acceptors (Lipinski definition) is 4. The molecule has 0 heterocycles. The second-order valence-corrected chi connectivity index (χ2v) is 7.49. The van der Waals surface area contributed by atoms with E-state index in [1.54, 1.807) is 60.7 Å². The van der Waals surface area contributed by atoms with Gasteiger partial charge in [0, 0.05) is 0 Å². The van der Waals surface area contributed by atoms with E-state index in [0.29, 0.717) is 28.4 Å². The second kappa shape index (κ2) is 10.5. The summed E-state index contributed by atoms with van der Waals surface area (Å²) in [5.41, 5.74) is -0.989. The van der Waals surface area contributed by atoms with E-state index < -0.39 is 46.7 Å². The molecule has 0 radical (unpaired) electrons. The minimum Gasteiger partial charge on any atom is -0.497 e. The topological polar surface area (TPSA) is 44.8 Å². The second-order valence-electron chi connectivity index (χ2n) is 7.49. The predicted molar refractivity (Wildman–Crippen MR) is 119 cm³/mol. The average Bonchev–Trinajstić information content (AvgIpc) is 2.91. The number of carbonyl (C=O) groups excluding carboxylic acids is 1. The third kappa shape index (κ3) is 5.00. The molecule has 0 aliphatic rings. The molecular formula is C27H17F5O4. The molecule has 1 unspecified atom stereocenters. The molecule has 4 aromatic carbocycles. The summed E-state index contributed by atoms with van der Waals surface area (Å²) in [5.74, 6) is -11.6. The molecular weight excluding hydrogens is 483 g/mol. The van der Waals surface area contributed by atoms with Gasteiger partial charge in [-0.3, -0.25) is 0 Å². The number of para-hydroxylation sites is 1. The lowest BCUT2D eigenvalue weighted by Gasteiger charge is -2.20. The number of rotatable bonds is 7. The zero-order valence-electron chi connectivity index (χ0n) is 18.6. The predicted octanol–water partition coefficient (Wildman–Crippen LogP) is 7.13. The van der Waals surface area contributed by atoms with Crippen LogP contribution in [0.4, 0.5) is 22.0 Å². The smallest absolute Gasteiger partial charge is 0.345 e. The first-order valence-electron chi connectivity index (χ1n) is 10.5.